The Morgan fingerprint density at radius 1 is 1.31 bits per heavy atom. The molecule has 1 unspecified atom stereocenters. The first-order valence-corrected chi connectivity index (χ1v) is 12.2. The first-order chi connectivity index (χ1) is 16.8. The first kappa shape index (κ1) is 24.6. The van der Waals surface area contributed by atoms with E-state index in [0.717, 1.165) is 24.1 Å². The average Bonchev–Trinajstić information content (AvgIpc) is 3.46. The van der Waals surface area contributed by atoms with Gasteiger partial charge in [-0.15, -0.1) is 0 Å². The lowest BCUT2D eigenvalue weighted by molar-refractivity contribution is -0.132. The lowest BCUT2D eigenvalue weighted by Crippen LogP contribution is -2.54. The molecule has 11 heteroatoms. The van der Waals surface area contributed by atoms with Crippen molar-refractivity contribution < 1.29 is 19.2 Å². The predicted molar refractivity (Wildman–Crippen MR) is 126 cm³/mol. The third-order valence-electron chi connectivity index (χ3n) is 7.19. The van der Waals surface area contributed by atoms with Crippen molar-refractivity contribution >= 4 is 23.5 Å². The number of rotatable bonds is 8. The van der Waals surface area contributed by atoms with Gasteiger partial charge < -0.3 is 20.5 Å². The zero-order valence-electron chi connectivity index (χ0n) is 20.3. The maximum absolute atomic E-state index is 13.5. The number of hydrogen-bond acceptors (Lipinski definition) is 6. The Hall–Kier alpha value is -3.50. The number of H-pyrrole nitrogens is 1. The van der Waals surface area contributed by atoms with Gasteiger partial charge in [0.2, 0.25) is 17.7 Å². The summed E-state index contributed by atoms with van der Waals surface area (Å²) in [5.41, 5.74) is 2.58. The number of Topliss-reactive ketones (excluding diaryl/α,β-unsaturated/α-hetero) is 1. The van der Waals surface area contributed by atoms with Crippen molar-refractivity contribution in [2.45, 2.75) is 77.5 Å². The standard InChI is InChI=1S/C24H33N7O4/c1-4-13(2)21(27-14(3)32)24(35)28-18-6-5-15-7-8-31-12-16(9-19(33)20(18)22(15)31)23(34)25-10-17-11-26-30-29-17/h7-8,11,13,16,18,20-21H,4-6,9-10,12H2,1-3H3,(H,25,34)(H,27,32)(H,28,35)(H,26,29,30)/t13-,16-,18-,20?,21-/m0/s1. The molecular formula is C24H33N7O4. The molecule has 2 aliphatic rings. The average molecular weight is 484 g/mol. The fourth-order valence-corrected chi connectivity index (χ4v) is 5.15. The summed E-state index contributed by atoms with van der Waals surface area (Å²) in [6.45, 7) is 5.90. The van der Waals surface area contributed by atoms with Crippen LogP contribution in [0.5, 0.6) is 0 Å². The molecule has 188 valence electrons. The molecule has 3 heterocycles. The van der Waals surface area contributed by atoms with Gasteiger partial charge in [0.25, 0.3) is 0 Å². The van der Waals surface area contributed by atoms with Crippen LogP contribution in [-0.2, 0) is 38.7 Å². The molecule has 11 nitrogen and oxygen atoms in total. The Morgan fingerprint density at radius 3 is 2.80 bits per heavy atom. The van der Waals surface area contributed by atoms with Crippen molar-refractivity contribution in [1.29, 1.82) is 0 Å². The van der Waals surface area contributed by atoms with Gasteiger partial charge in [-0.25, -0.2) is 0 Å². The number of ketones is 1. The normalized spacial score (nSPS) is 22.9. The molecule has 4 N–H and O–H groups in total. The highest BCUT2D eigenvalue weighted by Crippen LogP contribution is 2.38. The van der Waals surface area contributed by atoms with Gasteiger partial charge in [0.1, 0.15) is 17.5 Å². The molecule has 35 heavy (non-hydrogen) atoms. The first-order valence-electron chi connectivity index (χ1n) is 12.2. The van der Waals surface area contributed by atoms with Gasteiger partial charge in [0, 0.05) is 37.8 Å². The number of nitrogens with one attached hydrogen (secondary N) is 4. The number of aromatic nitrogens is 4. The van der Waals surface area contributed by atoms with Crippen LogP contribution in [0.3, 0.4) is 0 Å². The minimum Gasteiger partial charge on any atom is -0.350 e. The van der Waals surface area contributed by atoms with Gasteiger partial charge in [-0.1, -0.05) is 20.3 Å². The highest BCUT2D eigenvalue weighted by atomic mass is 16.2. The fourth-order valence-electron chi connectivity index (χ4n) is 5.15. The molecule has 2 aromatic heterocycles. The number of hydrogen-bond donors (Lipinski definition) is 4. The van der Waals surface area contributed by atoms with E-state index in [9.17, 15) is 19.2 Å². The smallest absolute Gasteiger partial charge is 0.243 e. The van der Waals surface area contributed by atoms with Crippen molar-refractivity contribution in [1.82, 2.24) is 35.9 Å². The Morgan fingerprint density at radius 2 is 2.11 bits per heavy atom. The lowest BCUT2D eigenvalue weighted by Gasteiger charge is -2.34. The van der Waals surface area contributed by atoms with E-state index >= 15 is 0 Å². The van der Waals surface area contributed by atoms with E-state index < -0.39 is 23.9 Å². The number of carbonyl (C=O) groups excluding carboxylic acids is 4. The maximum Gasteiger partial charge on any atom is 0.243 e. The van der Waals surface area contributed by atoms with E-state index in [-0.39, 0.29) is 42.4 Å². The second-order valence-electron chi connectivity index (χ2n) is 9.62. The molecule has 0 spiro atoms. The van der Waals surface area contributed by atoms with Crippen LogP contribution in [0.1, 0.15) is 62.9 Å². The number of amides is 3. The summed E-state index contributed by atoms with van der Waals surface area (Å²) in [7, 11) is 0. The third-order valence-corrected chi connectivity index (χ3v) is 7.19. The van der Waals surface area contributed by atoms with Crippen LogP contribution in [0.15, 0.2) is 18.5 Å². The van der Waals surface area contributed by atoms with E-state index in [2.05, 4.69) is 31.4 Å². The van der Waals surface area contributed by atoms with E-state index in [1.165, 1.54) is 13.1 Å². The van der Waals surface area contributed by atoms with E-state index in [1.54, 1.807) is 0 Å². The number of aromatic amines is 1. The molecule has 0 aromatic carbocycles. The van der Waals surface area contributed by atoms with Gasteiger partial charge in [-0.3, -0.25) is 19.2 Å². The van der Waals surface area contributed by atoms with E-state index in [1.807, 2.05) is 30.7 Å². The predicted octanol–water partition coefficient (Wildman–Crippen LogP) is 0.577. The molecule has 0 radical (unpaired) electrons. The minimum absolute atomic E-state index is 0.0514. The Balaban J connectivity index is 1.52. The zero-order valence-corrected chi connectivity index (χ0v) is 20.3. The van der Waals surface area contributed by atoms with Gasteiger partial charge in [-0.05, 0) is 30.4 Å². The minimum atomic E-state index is -0.665. The summed E-state index contributed by atoms with van der Waals surface area (Å²) in [6.07, 6.45) is 5.63. The van der Waals surface area contributed by atoms with Gasteiger partial charge >= 0.3 is 0 Å². The van der Waals surface area contributed by atoms with Crippen molar-refractivity contribution in [3.05, 3.63) is 35.4 Å². The van der Waals surface area contributed by atoms with Crippen molar-refractivity contribution in [3.8, 4) is 0 Å². The number of carbonyl (C=O) groups is 4. The number of nitrogens with zero attached hydrogens (tertiary/aromatic N) is 3. The van der Waals surface area contributed by atoms with Crippen LogP contribution < -0.4 is 16.0 Å². The summed E-state index contributed by atoms with van der Waals surface area (Å²) in [5.74, 6) is -1.93. The van der Waals surface area contributed by atoms with Crippen LogP contribution in [-0.4, -0.2) is 55.6 Å². The van der Waals surface area contributed by atoms with Gasteiger partial charge in [0.15, 0.2) is 0 Å². The summed E-state index contributed by atoms with van der Waals surface area (Å²) in [4.78, 5) is 51.4. The molecule has 3 amide bonds. The highest BCUT2D eigenvalue weighted by molar-refractivity contribution is 5.93. The molecule has 1 aliphatic carbocycles. The zero-order chi connectivity index (χ0) is 25.1. The van der Waals surface area contributed by atoms with Crippen molar-refractivity contribution in [2.24, 2.45) is 11.8 Å². The van der Waals surface area contributed by atoms with E-state index in [4.69, 9.17) is 0 Å². The highest BCUT2D eigenvalue weighted by Gasteiger charge is 2.42. The van der Waals surface area contributed by atoms with Gasteiger partial charge in [-0.2, -0.15) is 15.4 Å². The third kappa shape index (κ3) is 5.28. The molecular weight excluding hydrogens is 450 g/mol. The number of aryl methyl sites for hydroxylation is 1. The largest absolute Gasteiger partial charge is 0.350 e. The second kappa shape index (κ2) is 10.4. The topological polar surface area (TPSA) is 151 Å². The molecule has 5 atom stereocenters. The van der Waals surface area contributed by atoms with Crippen LogP contribution in [0, 0.1) is 11.8 Å². The Labute approximate surface area is 203 Å². The quantitative estimate of drug-likeness (QED) is 0.431. The molecule has 0 saturated heterocycles. The van der Waals surface area contributed by atoms with Crippen LogP contribution in [0.2, 0.25) is 0 Å². The molecule has 2 aromatic rings. The molecule has 1 aliphatic heterocycles. The Bertz CT molecular complexity index is 1090. The van der Waals surface area contributed by atoms with Crippen LogP contribution >= 0.6 is 0 Å². The van der Waals surface area contributed by atoms with Crippen LogP contribution in [0.4, 0.5) is 0 Å². The fraction of sp³-hybridized carbons (Fsp3) is 0.583. The molecule has 0 bridgehead atoms. The molecule has 4 rings (SSSR count). The second-order valence-corrected chi connectivity index (χ2v) is 9.62. The summed E-state index contributed by atoms with van der Waals surface area (Å²) in [6, 6.07) is 0.942. The van der Waals surface area contributed by atoms with E-state index in [0.29, 0.717) is 18.7 Å². The SMILES string of the molecule is CC[C@H](C)[C@H](NC(C)=O)C(=O)N[C@H]1CCc2ccn3c2C1C(=O)C[C@H](C(=O)NCc1cn[nH]n1)C3. The van der Waals surface area contributed by atoms with Gasteiger partial charge in [0.05, 0.1) is 24.6 Å². The summed E-state index contributed by atoms with van der Waals surface area (Å²) < 4.78 is 1.99. The molecule has 0 fully saturated rings. The van der Waals surface area contributed by atoms with Crippen molar-refractivity contribution in [3.63, 3.8) is 0 Å². The Kier molecular flexibility index (Phi) is 7.32. The van der Waals surface area contributed by atoms with Crippen molar-refractivity contribution in [2.75, 3.05) is 0 Å². The summed E-state index contributed by atoms with van der Waals surface area (Å²) >= 11 is 0. The lowest BCUT2D eigenvalue weighted by atomic mass is 9.79. The summed E-state index contributed by atoms with van der Waals surface area (Å²) in [5, 5.41) is 18.9. The maximum atomic E-state index is 13.5. The van der Waals surface area contributed by atoms with Crippen LogP contribution in [0.25, 0.3) is 0 Å². The molecule has 0 saturated carbocycles. The monoisotopic (exact) mass is 483 g/mol.